The van der Waals surface area contributed by atoms with Gasteiger partial charge in [-0.05, 0) is 67.6 Å². The number of Topliss-reactive ketones (excluding diaryl/α,β-unsaturated/α-hetero) is 1. The minimum atomic E-state index is 0.104. The molecular weight excluding hydrogens is 482 g/mol. The first-order valence-corrected chi connectivity index (χ1v) is 14.6. The standard InChI is InChI=1S/C34H39N3O2/c38-33(27-11-5-2-6-12-27)28-13-7-8-18-36(20-17-28)32-24-37(25-32)34(39)30-14-15-31-23-35(19-16-29(31)21-30)22-26-9-3-1-4-10-26/h1-6,9-12,14-15,21,28,32H,7-8,13,16-20,22-25H2. The van der Waals surface area contributed by atoms with E-state index in [0.717, 1.165) is 89.0 Å². The first-order valence-electron chi connectivity index (χ1n) is 14.6. The van der Waals surface area contributed by atoms with Crippen LogP contribution in [0.2, 0.25) is 0 Å². The normalized spacial score (nSPS) is 20.9. The van der Waals surface area contributed by atoms with Crippen molar-refractivity contribution in [2.45, 2.75) is 51.2 Å². The Bertz CT molecular complexity index is 1290. The molecule has 0 bridgehead atoms. The van der Waals surface area contributed by atoms with Crippen LogP contribution in [0.15, 0.2) is 78.9 Å². The summed E-state index contributed by atoms with van der Waals surface area (Å²) in [4.78, 5) is 33.4. The van der Waals surface area contributed by atoms with E-state index < -0.39 is 0 Å². The molecule has 39 heavy (non-hydrogen) atoms. The summed E-state index contributed by atoms with van der Waals surface area (Å²) in [5.41, 5.74) is 5.67. The molecule has 5 heteroatoms. The number of nitrogens with zero attached hydrogens (tertiary/aromatic N) is 3. The number of carbonyl (C=O) groups excluding carboxylic acids is 2. The van der Waals surface area contributed by atoms with Crippen LogP contribution in [-0.4, -0.2) is 65.2 Å². The predicted octanol–water partition coefficient (Wildman–Crippen LogP) is 5.44. The van der Waals surface area contributed by atoms with Crippen LogP contribution >= 0.6 is 0 Å². The number of ketones is 1. The summed E-state index contributed by atoms with van der Waals surface area (Å²) < 4.78 is 0. The topological polar surface area (TPSA) is 43.9 Å². The van der Waals surface area contributed by atoms with Crippen LogP contribution in [0.25, 0.3) is 0 Å². The van der Waals surface area contributed by atoms with Gasteiger partial charge in [0, 0.05) is 55.8 Å². The van der Waals surface area contributed by atoms with Crippen molar-refractivity contribution >= 4 is 11.7 Å². The van der Waals surface area contributed by atoms with Gasteiger partial charge in [-0.15, -0.1) is 0 Å². The summed E-state index contributed by atoms with van der Waals surface area (Å²) in [5.74, 6) is 0.551. The smallest absolute Gasteiger partial charge is 0.253 e. The van der Waals surface area contributed by atoms with Crippen LogP contribution in [0.1, 0.15) is 63.1 Å². The fraction of sp³-hybridized carbons (Fsp3) is 0.412. The van der Waals surface area contributed by atoms with Crippen molar-refractivity contribution in [3.05, 3.63) is 107 Å². The van der Waals surface area contributed by atoms with Crippen molar-refractivity contribution in [3.63, 3.8) is 0 Å². The Kier molecular flexibility index (Phi) is 7.89. The molecule has 1 amide bonds. The molecule has 2 fully saturated rings. The Morgan fingerprint density at radius 2 is 1.51 bits per heavy atom. The maximum atomic E-state index is 13.3. The van der Waals surface area contributed by atoms with Gasteiger partial charge in [0.05, 0.1) is 0 Å². The second-order valence-electron chi connectivity index (χ2n) is 11.5. The summed E-state index contributed by atoms with van der Waals surface area (Å²) in [7, 11) is 0. The largest absolute Gasteiger partial charge is 0.335 e. The highest BCUT2D eigenvalue weighted by Gasteiger charge is 2.36. The van der Waals surface area contributed by atoms with Crippen LogP contribution in [-0.2, 0) is 19.5 Å². The summed E-state index contributed by atoms with van der Waals surface area (Å²) in [6.07, 6.45) is 5.09. The molecule has 3 heterocycles. The van der Waals surface area contributed by atoms with Gasteiger partial charge in [-0.2, -0.15) is 0 Å². The molecule has 5 nitrogen and oxygen atoms in total. The molecule has 3 aliphatic rings. The molecule has 3 aromatic rings. The third kappa shape index (κ3) is 6.00. The van der Waals surface area contributed by atoms with Crippen molar-refractivity contribution in [2.24, 2.45) is 5.92 Å². The summed E-state index contributed by atoms with van der Waals surface area (Å²) in [6, 6.07) is 27.1. The summed E-state index contributed by atoms with van der Waals surface area (Å²) in [6.45, 7) is 6.51. The van der Waals surface area contributed by atoms with Gasteiger partial charge in [-0.3, -0.25) is 19.4 Å². The molecule has 202 valence electrons. The predicted molar refractivity (Wildman–Crippen MR) is 155 cm³/mol. The van der Waals surface area contributed by atoms with Crippen LogP contribution in [0.3, 0.4) is 0 Å². The molecule has 0 aliphatic carbocycles. The second-order valence-corrected chi connectivity index (χ2v) is 11.5. The van der Waals surface area contributed by atoms with Crippen LogP contribution in [0, 0.1) is 5.92 Å². The molecular formula is C34H39N3O2. The number of likely N-dealkylation sites (tertiary alicyclic amines) is 2. The zero-order valence-corrected chi connectivity index (χ0v) is 22.8. The minimum absolute atomic E-state index is 0.104. The van der Waals surface area contributed by atoms with E-state index >= 15 is 0 Å². The molecule has 0 saturated carbocycles. The minimum Gasteiger partial charge on any atom is -0.335 e. The molecule has 6 rings (SSSR count). The second kappa shape index (κ2) is 11.8. The van der Waals surface area contributed by atoms with Gasteiger partial charge < -0.3 is 4.90 Å². The zero-order chi connectivity index (χ0) is 26.6. The SMILES string of the molecule is O=C(c1ccccc1)C1CCCCN(C2CN(C(=O)c3ccc4c(c3)CCN(Cc3ccccc3)C4)C2)CC1. The van der Waals surface area contributed by atoms with Gasteiger partial charge in [0.15, 0.2) is 5.78 Å². The monoisotopic (exact) mass is 521 g/mol. The lowest BCUT2D eigenvalue weighted by molar-refractivity contribution is 0.0219. The quantitative estimate of drug-likeness (QED) is 0.405. The van der Waals surface area contributed by atoms with Gasteiger partial charge in [-0.25, -0.2) is 0 Å². The van der Waals surface area contributed by atoms with Gasteiger partial charge in [0.2, 0.25) is 0 Å². The number of hydrogen-bond acceptors (Lipinski definition) is 4. The number of amides is 1. The molecule has 3 aromatic carbocycles. The lowest BCUT2D eigenvalue weighted by atomic mass is 9.88. The van der Waals surface area contributed by atoms with Crippen molar-refractivity contribution in [1.82, 2.24) is 14.7 Å². The molecule has 0 spiro atoms. The number of rotatable bonds is 6. The molecule has 3 aliphatic heterocycles. The highest BCUT2D eigenvalue weighted by Crippen LogP contribution is 2.27. The average molecular weight is 522 g/mol. The number of benzene rings is 3. The molecule has 0 N–H and O–H groups in total. The third-order valence-corrected chi connectivity index (χ3v) is 8.90. The molecule has 2 saturated heterocycles. The lowest BCUT2D eigenvalue weighted by Gasteiger charge is -2.46. The maximum absolute atomic E-state index is 13.3. The highest BCUT2D eigenvalue weighted by molar-refractivity contribution is 5.97. The average Bonchev–Trinajstić information content (AvgIpc) is 2.94. The van der Waals surface area contributed by atoms with Crippen molar-refractivity contribution in [2.75, 3.05) is 32.7 Å². The van der Waals surface area contributed by atoms with Gasteiger partial charge in [0.25, 0.3) is 5.91 Å². The van der Waals surface area contributed by atoms with Crippen LogP contribution in [0.4, 0.5) is 0 Å². The Hall–Kier alpha value is -3.28. The Morgan fingerprint density at radius 1 is 0.744 bits per heavy atom. The van der Waals surface area contributed by atoms with E-state index in [1.165, 1.54) is 16.7 Å². The first kappa shape index (κ1) is 26.0. The van der Waals surface area contributed by atoms with Gasteiger partial charge >= 0.3 is 0 Å². The van der Waals surface area contributed by atoms with Crippen molar-refractivity contribution in [1.29, 1.82) is 0 Å². The first-order chi connectivity index (χ1) is 19.1. The fourth-order valence-corrected chi connectivity index (χ4v) is 6.50. The molecule has 1 unspecified atom stereocenters. The van der Waals surface area contributed by atoms with E-state index in [9.17, 15) is 9.59 Å². The van der Waals surface area contributed by atoms with E-state index in [2.05, 4.69) is 52.3 Å². The zero-order valence-electron chi connectivity index (χ0n) is 22.8. The van der Waals surface area contributed by atoms with E-state index in [4.69, 9.17) is 0 Å². The Balaban J connectivity index is 1.01. The summed E-state index contributed by atoms with van der Waals surface area (Å²) >= 11 is 0. The summed E-state index contributed by atoms with van der Waals surface area (Å²) in [5, 5.41) is 0. The number of carbonyl (C=O) groups is 2. The van der Waals surface area contributed by atoms with E-state index in [0.29, 0.717) is 11.8 Å². The Labute approximate surface area is 232 Å². The number of fused-ring (bicyclic) bond motifs is 1. The highest BCUT2D eigenvalue weighted by atomic mass is 16.2. The van der Waals surface area contributed by atoms with Crippen LogP contribution < -0.4 is 0 Å². The number of hydrogen-bond donors (Lipinski definition) is 0. The molecule has 1 atom stereocenters. The van der Waals surface area contributed by atoms with Gasteiger partial charge in [0.1, 0.15) is 0 Å². The van der Waals surface area contributed by atoms with Crippen LogP contribution in [0.5, 0.6) is 0 Å². The maximum Gasteiger partial charge on any atom is 0.253 e. The lowest BCUT2D eigenvalue weighted by Crippen LogP contribution is -2.61. The Morgan fingerprint density at radius 3 is 2.31 bits per heavy atom. The molecule has 0 aromatic heterocycles. The van der Waals surface area contributed by atoms with Crippen molar-refractivity contribution < 1.29 is 9.59 Å². The van der Waals surface area contributed by atoms with Gasteiger partial charge in [-0.1, -0.05) is 73.2 Å². The third-order valence-electron chi connectivity index (χ3n) is 8.90. The van der Waals surface area contributed by atoms with E-state index in [-0.39, 0.29) is 11.8 Å². The molecule has 0 radical (unpaired) electrons. The van der Waals surface area contributed by atoms with E-state index in [1.54, 1.807) is 0 Å². The fourth-order valence-electron chi connectivity index (χ4n) is 6.50. The van der Waals surface area contributed by atoms with E-state index in [1.807, 2.05) is 41.3 Å². The van der Waals surface area contributed by atoms with Crippen molar-refractivity contribution in [3.8, 4) is 0 Å².